The molecule has 0 aliphatic heterocycles. The van der Waals surface area contributed by atoms with Crippen molar-refractivity contribution < 1.29 is 13.2 Å². The van der Waals surface area contributed by atoms with Crippen LogP contribution in [-0.4, -0.2) is 0 Å². The van der Waals surface area contributed by atoms with Crippen molar-refractivity contribution in [1.29, 1.82) is 0 Å². The van der Waals surface area contributed by atoms with Crippen LogP contribution in [0.1, 0.15) is 29.7 Å². The molecule has 1 unspecified atom stereocenters. The Balaban J connectivity index is 2.23. The summed E-state index contributed by atoms with van der Waals surface area (Å²) in [5.74, 6) is 1.56. The van der Waals surface area contributed by atoms with Crippen molar-refractivity contribution in [2.45, 2.75) is 25.8 Å². The second-order valence-electron chi connectivity index (χ2n) is 4.89. The minimum atomic E-state index is -1.47. The van der Waals surface area contributed by atoms with Gasteiger partial charge >= 0.3 is 0 Å². The molecule has 0 amide bonds. The van der Waals surface area contributed by atoms with Gasteiger partial charge in [-0.1, -0.05) is 31.2 Å². The van der Waals surface area contributed by atoms with Crippen LogP contribution in [0.5, 0.6) is 0 Å². The molecule has 0 heterocycles. The van der Waals surface area contributed by atoms with E-state index in [1.165, 1.54) is 5.56 Å². The van der Waals surface area contributed by atoms with Crippen LogP contribution in [0.15, 0.2) is 36.4 Å². The molecule has 0 fully saturated rings. The van der Waals surface area contributed by atoms with E-state index in [4.69, 9.17) is 5.84 Å². The lowest BCUT2D eigenvalue weighted by atomic mass is 9.98. The predicted octanol–water partition coefficient (Wildman–Crippen LogP) is 3.41. The van der Waals surface area contributed by atoms with Crippen LogP contribution in [0, 0.1) is 17.5 Å². The zero-order chi connectivity index (χ0) is 15.4. The fourth-order valence-corrected chi connectivity index (χ4v) is 2.20. The maximum absolute atomic E-state index is 13.3. The first-order valence-electron chi connectivity index (χ1n) is 6.73. The van der Waals surface area contributed by atoms with Gasteiger partial charge in [0.2, 0.25) is 0 Å². The molecule has 0 saturated carbocycles. The summed E-state index contributed by atoms with van der Waals surface area (Å²) in [4.78, 5) is 0. The van der Waals surface area contributed by atoms with Crippen molar-refractivity contribution >= 4 is 0 Å². The second kappa shape index (κ2) is 6.74. The molecule has 3 N–H and O–H groups in total. The van der Waals surface area contributed by atoms with Crippen LogP contribution in [0.4, 0.5) is 13.2 Å². The van der Waals surface area contributed by atoms with E-state index in [1.807, 2.05) is 24.3 Å². The summed E-state index contributed by atoms with van der Waals surface area (Å²) in [6, 6.07) is 9.30. The molecule has 0 aliphatic rings. The van der Waals surface area contributed by atoms with Crippen LogP contribution >= 0.6 is 0 Å². The number of hydrazine groups is 1. The number of nitrogens with one attached hydrogen (secondary N) is 1. The normalized spacial score (nSPS) is 12.4. The third-order valence-electron chi connectivity index (χ3n) is 3.48. The molecular weight excluding hydrogens is 277 g/mol. The first-order chi connectivity index (χ1) is 10.0. The monoisotopic (exact) mass is 294 g/mol. The van der Waals surface area contributed by atoms with E-state index in [0.29, 0.717) is 6.42 Å². The van der Waals surface area contributed by atoms with Crippen molar-refractivity contribution in [3.8, 4) is 0 Å². The Kier molecular flexibility index (Phi) is 4.98. The largest absolute Gasteiger partial charge is 0.271 e. The predicted molar refractivity (Wildman–Crippen MR) is 75.9 cm³/mol. The summed E-state index contributed by atoms with van der Waals surface area (Å²) in [5, 5.41) is 0. The van der Waals surface area contributed by atoms with E-state index in [0.717, 1.165) is 24.1 Å². The van der Waals surface area contributed by atoms with Gasteiger partial charge in [-0.05, 0) is 41.7 Å². The average molecular weight is 294 g/mol. The van der Waals surface area contributed by atoms with E-state index < -0.39 is 23.5 Å². The molecule has 112 valence electrons. The topological polar surface area (TPSA) is 38.0 Å². The van der Waals surface area contributed by atoms with Crippen LogP contribution in [0.25, 0.3) is 0 Å². The Hall–Kier alpha value is -1.85. The summed E-state index contributed by atoms with van der Waals surface area (Å²) in [6.45, 7) is 2.06. The number of aryl methyl sites for hydroxylation is 1. The SMILES string of the molecule is CCc1ccc(CC(NN)c2cc(F)c(F)c(F)c2)cc1. The quantitative estimate of drug-likeness (QED) is 0.504. The molecule has 2 aromatic rings. The molecule has 0 saturated heterocycles. The molecule has 2 rings (SSSR count). The second-order valence-corrected chi connectivity index (χ2v) is 4.89. The summed E-state index contributed by atoms with van der Waals surface area (Å²) < 4.78 is 39.6. The molecular formula is C16H17F3N2. The number of rotatable bonds is 5. The molecule has 2 nitrogen and oxygen atoms in total. The first kappa shape index (κ1) is 15.5. The highest BCUT2D eigenvalue weighted by molar-refractivity contribution is 5.27. The molecule has 0 radical (unpaired) electrons. The van der Waals surface area contributed by atoms with Gasteiger partial charge in [-0.25, -0.2) is 13.2 Å². The third-order valence-corrected chi connectivity index (χ3v) is 3.48. The molecule has 2 aromatic carbocycles. The number of hydrogen-bond acceptors (Lipinski definition) is 2. The molecule has 0 aromatic heterocycles. The van der Waals surface area contributed by atoms with Crippen molar-refractivity contribution in [3.63, 3.8) is 0 Å². The molecule has 5 heteroatoms. The van der Waals surface area contributed by atoms with Gasteiger partial charge < -0.3 is 0 Å². The summed E-state index contributed by atoms with van der Waals surface area (Å²) in [7, 11) is 0. The van der Waals surface area contributed by atoms with Gasteiger partial charge in [-0.2, -0.15) is 0 Å². The zero-order valence-electron chi connectivity index (χ0n) is 11.7. The van der Waals surface area contributed by atoms with E-state index in [-0.39, 0.29) is 5.56 Å². The summed E-state index contributed by atoms with van der Waals surface area (Å²) in [5.41, 5.74) is 4.96. The zero-order valence-corrected chi connectivity index (χ0v) is 11.7. The fourth-order valence-electron chi connectivity index (χ4n) is 2.20. The molecule has 1 atom stereocenters. The van der Waals surface area contributed by atoms with Crippen LogP contribution in [0.2, 0.25) is 0 Å². The lowest BCUT2D eigenvalue weighted by molar-refractivity contribution is 0.439. The van der Waals surface area contributed by atoms with Gasteiger partial charge in [-0.3, -0.25) is 11.3 Å². The van der Waals surface area contributed by atoms with E-state index in [9.17, 15) is 13.2 Å². The number of nitrogens with two attached hydrogens (primary N) is 1. The maximum atomic E-state index is 13.3. The van der Waals surface area contributed by atoms with Crippen molar-refractivity contribution in [2.24, 2.45) is 5.84 Å². The van der Waals surface area contributed by atoms with Crippen molar-refractivity contribution in [2.75, 3.05) is 0 Å². The number of benzene rings is 2. The Bertz CT molecular complexity index is 588. The van der Waals surface area contributed by atoms with Gasteiger partial charge in [0.1, 0.15) is 0 Å². The van der Waals surface area contributed by atoms with Crippen molar-refractivity contribution in [1.82, 2.24) is 5.43 Å². The average Bonchev–Trinajstić information content (AvgIpc) is 2.50. The van der Waals surface area contributed by atoms with E-state index in [1.54, 1.807) is 0 Å². The van der Waals surface area contributed by atoms with Crippen molar-refractivity contribution in [3.05, 3.63) is 70.5 Å². The van der Waals surface area contributed by atoms with Crippen LogP contribution in [0.3, 0.4) is 0 Å². The van der Waals surface area contributed by atoms with E-state index in [2.05, 4.69) is 12.3 Å². The molecule has 0 spiro atoms. The number of hydrogen-bond donors (Lipinski definition) is 2. The minimum absolute atomic E-state index is 0.272. The van der Waals surface area contributed by atoms with Gasteiger partial charge in [0.05, 0.1) is 6.04 Å². The highest BCUT2D eigenvalue weighted by atomic mass is 19.2. The Morgan fingerprint density at radius 3 is 2.00 bits per heavy atom. The lowest BCUT2D eigenvalue weighted by Crippen LogP contribution is -2.29. The van der Waals surface area contributed by atoms with Gasteiger partial charge in [0.15, 0.2) is 17.5 Å². The highest BCUT2D eigenvalue weighted by Gasteiger charge is 2.17. The third kappa shape index (κ3) is 3.62. The number of halogens is 3. The minimum Gasteiger partial charge on any atom is -0.271 e. The van der Waals surface area contributed by atoms with Crippen LogP contribution < -0.4 is 11.3 Å². The van der Waals surface area contributed by atoms with Crippen LogP contribution in [-0.2, 0) is 12.8 Å². The lowest BCUT2D eigenvalue weighted by Gasteiger charge is -2.17. The maximum Gasteiger partial charge on any atom is 0.194 e. The van der Waals surface area contributed by atoms with Gasteiger partial charge in [-0.15, -0.1) is 0 Å². The van der Waals surface area contributed by atoms with Gasteiger partial charge in [0.25, 0.3) is 0 Å². The Morgan fingerprint density at radius 2 is 1.52 bits per heavy atom. The summed E-state index contributed by atoms with van der Waals surface area (Å²) >= 11 is 0. The summed E-state index contributed by atoms with van der Waals surface area (Å²) in [6.07, 6.45) is 1.39. The Labute approximate surface area is 121 Å². The first-order valence-corrected chi connectivity index (χ1v) is 6.73. The molecule has 0 aliphatic carbocycles. The molecule has 21 heavy (non-hydrogen) atoms. The standard InChI is InChI=1S/C16H17F3N2/c1-2-10-3-5-11(6-4-10)7-15(21-20)12-8-13(17)16(19)14(18)9-12/h3-6,8-9,15,21H,2,7,20H2,1H3. The van der Waals surface area contributed by atoms with E-state index >= 15 is 0 Å². The van der Waals surface area contributed by atoms with Gasteiger partial charge in [0, 0.05) is 0 Å². The smallest absolute Gasteiger partial charge is 0.194 e. The Morgan fingerprint density at radius 1 is 1.00 bits per heavy atom. The fraction of sp³-hybridized carbons (Fsp3) is 0.250. The highest BCUT2D eigenvalue weighted by Crippen LogP contribution is 2.22. The molecule has 0 bridgehead atoms.